The minimum absolute atomic E-state index is 0.0669. The Balaban J connectivity index is 1.94. The van der Waals surface area contributed by atoms with Crippen LogP contribution in [-0.2, 0) is 9.53 Å². The van der Waals surface area contributed by atoms with Crippen molar-refractivity contribution < 1.29 is 18.7 Å². The number of hydrogen-bond donors (Lipinski definition) is 1. The summed E-state index contributed by atoms with van der Waals surface area (Å²) in [6.45, 7) is 2.48. The number of carbonyl (C=O) groups excluding carboxylic acids is 1. The number of amides is 1. The van der Waals surface area contributed by atoms with Crippen molar-refractivity contribution in [2.24, 2.45) is 0 Å². The molecule has 0 unspecified atom stereocenters. The van der Waals surface area contributed by atoms with E-state index in [2.05, 4.69) is 15.4 Å². The Labute approximate surface area is 162 Å². The molecule has 8 heteroatoms. The van der Waals surface area contributed by atoms with E-state index in [1.54, 1.807) is 55.1 Å². The third kappa shape index (κ3) is 4.72. The molecule has 0 atom stereocenters. The summed E-state index contributed by atoms with van der Waals surface area (Å²) in [5, 5.41) is 7.17. The molecule has 28 heavy (non-hydrogen) atoms. The lowest BCUT2D eigenvalue weighted by atomic mass is 10.2. The average molecular weight is 384 g/mol. The van der Waals surface area contributed by atoms with Gasteiger partial charge >= 0.3 is 6.01 Å². The summed E-state index contributed by atoms with van der Waals surface area (Å²) in [6.07, 6.45) is 0.400. The highest BCUT2D eigenvalue weighted by molar-refractivity contribution is 5.90. The lowest BCUT2D eigenvalue weighted by Crippen LogP contribution is -2.09. The average Bonchev–Trinajstić information content (AvgIpc) is 3.13. The molecule has 1 aromatic heterocycles. The molecule has 0 aliphatic heterocycles. The maximum absolute atomic E-state index is 13.7. The fraction of sp³-hybridized carbons (Fsp3) is 0.250. The molecule has 1 heterocycles. The molecule has 3 aromatic rings. The zero-order chi connectivity index (χ0) is 19.9. The molecule has 146 valence electrons. The molecule has 0 radical (unpaired) electrons. The summed E-state index contributed by atoms with van der Waals surface area (Å²) in [5.74, 6) is 0.00609. The largest absolute Gasteiger partial charge is 0.460 e. The number of methoxy groups -OCH3 is 1. The van der Waals surface area contributed by atoms with Crippen LogP contribution in [0.4, 0.5) is 10.1 Å². The molecule has 0 aliphatic rings. The first kappa shape index (κ1) is 19.5. The summed E-state index contributed by atoms with van der Waals surface area (Å²) in [7, 11) is 1.58. The van der Waals surface area contributed by atoms with E-state index < -0.39 is 0 Å². The molecule has 0 bridgehead atoms. The molecule has 1 amide bonds. The molecule has 7 nitrogen and oxygen atoms in total. The summed E-state index contributed by atoms with van der Waals surface area (Å²) < 4.78 is 25.8. The highest BCUT2D eigenvalue weighted by Gasteiger charge is 2.15. The van der Waals surface area contributed by atoms with Crippen LogP contribution in [0.3, 0.4) is 0 Å². The van der Waals surface area contributed by atoms with Gasteiger partial charge in [0, 0.05) is 24.8 Å². The van der Waals surface area contributed by atoms with Gasteiger partial charge in [0.25, 0.3) is 0 Å². The molecule has 0 aliphatic carbocycles. The van der Waals surface area contributed by atoms with Crippen molar-refractivity contribution >= 4 is 11.6 Å². The van der Waals surface area contributed by atoms with Crippen molar-refractivity contribution in [3.05, 3.63) is 54.3 Å². The van der Waals surface area contributed by atoms with E-state index in [0.29, 0.717) is 42.4 Å². The molecule has 1 N–H and O–H groups in total. The highest BCUT2D eigenvalue weighted by atomic mass is 19.1. The van der Waals surface area contributed by atoms with Gasteiger partial charge in [-0.2, -0.15) is 4.98 Å². The van der Waals surface area contributed by atoms with Crippen LogP contribution < -0.4 is 10.1 Å². The van der Waals surface area contributed by atoms with Crippen LogP contribution in [0.2, 0.25) is 0 Å². The van der Waals surface area contributed by atoms with Gasteiger partial charge in [0.2, 0.25) is 5.91 Å². The second-order valence-corrected chi connectivity index (χ2v) is 5.93. The molecule has 0 fully saturated rings. The molecule has 0 saturated heterocycles. The number of hydrogen-bond acceptors (Lipinski definition) is 5. The van der Waals surface area contributed by atoms with Crippen LogP contribution in [-0.4, -0.2) is 41.0 Å². The molecule has 0 spiro atoms. The van der Waals surface area contributed by atoms with Gasteiger partial charge in [0.05, 0.1) is 12.3 Å². The maximum atomic E-state index is 13.7. The van der Waals surface area contributed by atoms with Crippen LogP contribution in [0.1, 0.15) is 13.3 Å². The van der Waals surface area contributed by atoms with E-state index in [1.165, 1.54) is 12.1 Å². The highest BCUT2D eigenvalue weighted by Crippen LogP contribution is 2.25. The predicted octanol–water partition coefficient (Wildman–Crippen LogP) is 3.45. The number of benzene rings is 2. The Kier molecular flexibility index (Phi) is 6.33. The fourth-order valence-corrected chi connectivity index (χ4v) is 2.50. The lowest BCUT2D eigenvalue weighted by Gasteiger charge is -2.08. The first-order valence-electron chi connectivity index (χ1n) is 8.85. The Morgan fingerprint density at radius 1 is 1.18 bits per heavy atom. The lowest BCUT2D eigenvalue weighted by molar-refractivity contribution is -0.115. The smallest absolute Gasteiger partial charge is 0.336 e. The number of carbonyl (C=O) groups is 1. The SMILES string of the molecule is CCC(=O)Nc1ccc(-n2nc(OCCOC)nc2-c2cccc(F)c2)cc1. The maximum Gasteiger partial charge on any atom is 0.336 e. The monoisotopic (exact) mass is 384 g/mol. The molecular weight excluding hydrogens is 363 g/mol. The van der Waals surface area contributed by atoms with Crippen LogP contribution in [0.5, 0.6) is 6.01 Å². The Hall–Kier alpha value is -3.26. The van der Waals surface area contributed by atoms with Crippen molar-refractivity contribution in [3.8, 4) is 23.1 Å². The minimum Gasteiger partial charge on any atom is -0.460 e. The van der Waals surface area contributed by atoms with Crippen molar-refractivity contribution in [1.82, 2.24) is 14.8 Å². The normalized spacial score (nSPS) is 10.7. The first-order valence-corrected chi connectivity index (χ1v) is 8.85. The summed E-state index contributed by atoms with van der Waals surface area (Å²) in [4.78, 5) is 15.9. The number of nitrogens with zero attached hydrogens (tertiary/aromatic N) is 3. The second kappa shape index (κ2) is 9.09. The van der Waals surface area contributed by atoms with Crippen LogP contribution in [0, 0.1) is 5.82 Å². The topological polar surface area (TPSA) is 78.3 Å². The van der Waals surface area contributed by atoms with Gasteiger partial charge in [0.1, 0.15) is 12.4 Å². The van der Waals surface area contributed by atoms with Gasteiger partial charge in [-0.3, -0.25) is 4.79 Å². The minimum atomic E-state index is -0.369. The Morgan fingerprint density at radius 3 is 2.64 bits per heavy atom. The molecule has 3 rings (SSSR count). The van der Waals surface area contributed by atoms with E-state index in [0.717, 1.165) is 0 Å². The number of halogens is 1. The number of nitrogens with one attached hydrogen (secondary N) is 1. The third-order valence-electron chi connectivity index (χ3n) is 3.91. The summed E-state index contributed by atoms with van der Waals surface area (Å²) >= 11 is 0. The second-order valence-electron chi connectivity index (χ2n) is 5.93. The number of rotatable bonds is 8. The van der Waals surface area contributed by atoms with Gasteiger partial charge < -0.3 is 14.8 Å². The van der Waals surface area contributed by atoms with E-state index in [1.807, 2.05) is 0 Å². The van der Waals surface area contributed by atoms with Gasteiger partial charge in [-0.05, 0) is 36.4 Å². The number of ether oxygens (including phenoxy) is 2. The van der Waals surface area contributed by atoms with Gasteiger partial charge in [-0.25, -0.2) is 9.07 Å². The summed E-state index contributed by atoms with van der Waals surface area (Å²) in [5.41, 5.74) is 1.94. The van der Waals surface area contributed by atoms with E-state index in [4.69, 9.17) is 9.47 Å². The van der Waals surface area contributed by atoms with E-state index in [-0.39, 0.29) is 17.7 Å². The first-order chi connectivity index (χ1) is 13.6. The van der Waals surface area contributed by atoms with Crippen molar-refractivity contribution in [2.45, 2.75) is 13.3 Å². The fourth-order valence-electron chi connectivity index (χ4n) is 2.50. The number of aromatic nitrogens is 3. The Bertz CT molecular complexity index is 941. The van der Waals surface area contributed by atoms with Crippen LogP contribution in [0.25, 0.3) is 17.1 Å². The molecular formula is C20H21FN4O3. The van der Waals surface area contributed by atoms with E-state index >= 15 is 0 Å². The molecule has 2 aromatic carbocycles. The van der Waals surface area contributed by atoms with Crippen molar-refractivity contribution in [2.75, 3.05) is 25.6 Å². The molecule has 0 saturated carbocycles. The van der Waals surface area contributed by atoms with E-state index in [9.17, 15) is 9.18 Å². The van der Waals surface area contributed by atoms with Crippen LogP contribution >= 0.6 is 0 Å². The summed E-state index contributed by atoms with van der Waals surface area (Å²) in [6, 6.07) is 13.4. The van der Waals surface area contributed by atoms with Crippen molar-refractivity contribution in [1.29, 1.82) is 0 Å². The van der Waals surface area contributed by atoms with Gasteiger partial charge in [0.15, 0.2) is 5.82 Å². The standard InChI is InChI=1S/C20H21FN4O3/c1-3-18(26)22-16-7-9-17(10-8-16)25-19(14-5-4-6-15(21)13-14)23-20(24-25)28-12-11-27-2/h4-10,13H,3,11-12H2,1-2H3,(H,22,26). The Morgan fingerprint density at radius 2 is 1.96 bits per heavy atom. The predicted molar refractivity (Wildman–Crippen MR) is 103 cm³/mol. The third-order valence-corrected chi connectivity index (χ3v) is 3.91. The zero-order valence-electron chi connectivity index (χ0n) is 15.7. The van der Waals surface area contributed by atoms with Gasteiger partial charge in [-0.1, -0.05) is 19.1 Å². The zero-order valence-corrected chi connectivity index (χ0v) is 15.7. The van der Waals surface area contributed by atoms with Crippen LogP contribution in [0.15, 0.2) is 48.5 Å². The quantitative estimate of drug-likeness (QED) is 0.602. The van der Waals surface area contributed by atoms with Crippen molar-refractivity contribution in [3.63, 3.8) is 0 Å². The number of anilines is 1. The van der Waals surface area contributed by atoms with Gasteiger partial charge in [-0.15, -0.1) is 5.10 Å².